The Labute approximate surface area is 555 Å². The van der Waals surface area contributed by atoms with Crippen molar-refractivity contribution in [3.63, 3.8) is 0 Å². The summed E-state index contributed by atoms with van der Waals surface area (Å²) in [6, 6.07) is 21.4. The highest BCUT2D eigenvalue weighted by atomic mass is 16.2. The van der Waals surface area contributed by atoms with E-state index in [0.29, 0.717) is 56.6 Å². The summed E-state index contributed by atoms with van der Waals surface area (Å²) in [4.78, 5) is 131. The molecule has 0 radical (unpaired) electrons. The molecule has 0 aliphatic rings. The van der Waals surface area contributed by atoms with Gasteiger partial charge in [0.25, 0.3) is 22.2 Å². The van der Waals surface area contributed by atoms with Gasteiger partial charge in [-0.3, -0.25) is 76.2 Å². The quantitative estimate of drug-likeness (QED) is 0.115. The summed E-state index contributed by atoms with van der Waals surface area (Å²) in [7, 11) is 3.25. The first kappa shape index (κ1) is 73.9. The maximum Gasteiger partial charge on any atom is 0.280 e. The van der Waals surface area contributed by atoms with Crippen molar-refractivity contribution in [2.75, 3.05) is 0 Å². The molecule has 0 saturated heterocycles. The standard InChI is InChI=1S/C16H16N4O2.C15H15N5O2.C14H12N4O2.C13H11N5O2.3C4H10/c1-10(2)19-8-9-20-14(16(19)22)13(18-15(20)11(3)21)12-6-4-5-7-17-12;1-9(2)19-8-17-20-13(15(19)22)12(18-14(20)10(3)21)11-6-4-5-7-16-11;1-9(19)13-16-11(10-5-3-4-6-15-10)12-14(20)17(2)7-8-18(12)13;1-8(19)12-16-10(9-5-3-4-6-14-9)11-13(20)17(2)7-15-18(11)12;3*1-4(2)3/h4-10H,1-3H3;4-9H,1-3H3;3-8H,1-2H3;3-7H,1-2H3;3*4H,1-3H3. The Morgan fingerprint density at radius 3 is 0.969 bits per heavy atom. The summed E-state index contributed by atoms with van der Waals surface area (Å²) < 4.78 is 11.6. The molecule has 0 bridgehead atoms. The Hall–Kier alpha value is -11.2. The number of carbonyl (C=O) groups is 4. The molecule has 0 amide bonds. The predicted molar refractivity (Wildman–Crippen MR) is 371 cm³/mol. The van der Waals surface area contributed by atoms with Crippen LogP contribution in [-0.2, 0) is 14.1 Å². The highest BCUT2D eigenvalue weighted by molar-refractivity contribution is 5.96. The molecule has 0 aliphatic carbocycles. The number of rotatable bonds is 10. The number of pyridine rings is 4. The first-order valence-electron chi connectivity index (χ1n) is 31.2. The van der Waals surface area contributed by atoms with Crippen molar-refractivity contribution in [3.05, 3.63) is 200 Å². The van der Waals surface area contributed by atoms with Gasteiger partial charge in [-0.15, -0.1) is 0 Å². The summed E-state index contributed by atoms with van der Waals surface area (Å²) in [5.41, 5.74) is 4.14. The first-order chi connectivity index (χ1) is 45.4. The molecule has 0 unspecified atom stereocenters. The van der Waals surface area contributed by atoms with Crippen molar-refractivity contribution in [2.45, 2.75) is 130 Å². The van der Waals surface area contributed by atoms with Crippen molar-refractivity contribution in [1.29, 1.82) is 0 Å². The van der Waals surface area contributed by atoms with Crippen molar-refractivity contribution in [2.24, 2.45) is 31.8 Å². The first-order valence-corrected chi connectivity index (χ1v) is 31.2. The van der Waals surface area contributed by atoms with Crippen molar-refractivity contribution >= 4 is 45.2 Å². The van der Waals surface area contributed by atoms with Crippen LogP contribution in [0.5, 0.6) is 0 Å². The van der Waals surface area contributed by atoms with Gasteiger partial charge in [-0.2, -0.15) is 10.2 Å². The van der Waals surface area contributed by atoms with Crippen LogP contribution in [-0.4, -0.2) is 109 Å². The monoisotopic (exact) mass is 1300 g/mol. The third-order valence-corrected chi connectivity index (χ3v) is 12.9. The van der Waals surface area contributed by atoms with Gasteiger partial charge >= 0.3 is 0 Å². The van der Waals surface area contributed by atoms with E-state index in [1.165, 1.54) is 67.5 Å². The Kier molecular flexibility index (Phi) is 25.5. The van der Waals surface area contributed by atoms with Crippen LogP contribution in [0.25, 0.3) is 67.6 Å². The topological polar surface area (TPSA) is 303 Å². The number of fused-ring (bicyclic) bond motifs is 4. The van der Waals surface area contributed by atoms with Crippen molar-refractivity contribution < 1.29 is 19.2 Å². The number of aryl methyl sites for hydroxylation is 2. The number of hydrogen-bond donors (Lipinski definition) is 0. The SMILES string of the molecule is CC(=O)c1nc(-c2ccccn2)c2c(=O)n(C(C)C)ccn12.CC(=O)c1nc(-c2ccccn2)c2c(=O)n(C(C)C)cnn12.CC(=O)c1nc(-c2ccccn2)c2c(=O)n(C)ccn12.CC(=O)c1nc(-c2ccccn2)c2c(=O)n(C)cnn12.CC(C)C.CC(C)C.CC(C)C. The van der Waals surface area contributed by atoms with Crippen LogP contribution < -0.4 is 22.2 Å². The van der Waals surface area contributed by atoms with Gasteiger partial charge in [-0.1, -0.05) is 86.6 Å². The zero-order valence-electron chi connectivity index (χ0n) is 57.9. The Balaban J connectivity index is 0.000000191. The summed E-state index contributed by atoms with van der Waals surface area (Å²) >= 11 is 0. The molecule has 0 aromatic carbocycles. The largest absolute Gasteiger partial charge is 0.315 e. The van der Waals surface area contributed by atoms with Gasteiger partial charge < -0.3 is 9.13 Å². The van der Waals surface area contributed by atoms with Gasteiger partial charge in [0, 0.05) is 103 Å². The fraction of sp³-hybridized carbons (Fsp3) is 0.343. The number of carbonyl (C=O) groups excluding carboxylic acids is 4. The maximum atomic E-state index is 12.8. The number of nitrogens with zero attached hydrogens (tertiary/aromatic N) is 18. The summed E-state index contributed by atoms with van der Waals surface area (Å²) in [6.45, 7) is 32.8. The maximum absolute atomic E-state index is 12.8. The molecule has 96 heavy (non-hydrogen) atoms. The minimum Gasteiger partial charge on any atom is -0.315 e. The summed E-state index contributed by atoms with van der Waals surface area (Å²) in [5.74, 6) is 2.31. The van der Waals surface area contributed by atoms with E-state index in [4.69, 9.17) is 0 Å². The molecule has 502 valence electrons. The molecular weight excluding hydrogens is 1220 g/mol. The van der Waals surface area contributed by atoms with Gasteiger partial charge in [-0.05, 0) is 94.0 Å². The van der Waals surface area contributed by atoms with Gasteiger partial charge in [0.15, 0.2) is 57.5 Å². The lowest BCUT2D eigenvalue weighted by Crippen LogP contribution is -2.25. The van der Waals surface area contributed by atoms with Crippen LogP contribution in [0, 0.1) is 17.8 Å². The summed E-state index contributed by atoms with van der Waals surface area (Å²) in [5, 5.41) is 8.28. The molecule has 26 nitrogen and oxygen atoms in total. The fourth-order valence-corrected chi connectivity index (χ4v) is 8.81. The second-order valence-electron chi connectivity index (χ2n) is 24.7. The second kappa shape index (κ2) is 33.1. The number of hydrogen-bond acceptors (Lipinski definition) is 18. The molecular formula is C70H84N18O8. The number of Topliss-reactive ketones (excluding diaryl/α,β-unsaturated/α-hetero) is 4. The molecule has 12 heterocycles. The van der Waals surface area contributed by atoms with E-state index in [0.717, 1.165) is 17.8 Å². The minimum absolute atomic E-state index is 0.0183. The van der Waals surface area contributed by atoms with Crippen LogP contribution in [0.3, 0.4) is 0 Å². The van der Waals surface area contributed by atoms with Crippen molar-refractivity contribution in [1.82, 2.24) is 86.2 Å². The number of aromatic nitrogens is 18. The average molecular weight is 1310 g/mol. The molecule has 0 N–H and O–H groups in total. The normalized spacial score (nSPS) is 10.8. The average Bonchev–Trinajstić information content (AvgIpc) is 1.63. The third-order valence-electron chi connectivity index (χ3n) is 12.9. The van der Waals surface area contributed by atoms with E-state index in [1.807, 2.05) is 39.8 Å². The predicted octanol–water partition coefficient (Wildman–Crippen LogP) is 11.1. The van der Waals surface area contributed by atoms with E-state index in [9.17, 15) is 38.4 Å². The van der Waals surface area contributed by atoms with E-state index in [2.05, 4.69) is 112 Å². The van der Waals surface area contributed by atoms with E-state index >= 15 is 0 Å². The van der Waals surface area contributed by atoms with Crippen molar-refractivity contribution in [3.8, 4) is 45.6 Å². The van der Waals surface area contributed by atoms with Gasteiger partial charge in [0.1, 0.15) is 46.5 Å². The van der Waals surface area contributed by atoms with Gasteiger partial charge in [0.2, 0.25) is 0 Å². The number of imidazole rings is 4. The third kappa shape index (κ3) is 17.7. The molecule has 12 aromatic rings. The Bertz CT molecular complexity index is 4600. The van der Waals surface area contributed by atoms with Gasteiger partial charge in [0.05, 0.1) is 22.8 Å². The highest BCUT2D eigenvalue weighted by Crippen LogP contribution is 2.25. The zero-order chi connectivity index (χ0) is 71.0. The van der Waals surface area contributed by atoms with E-state index in [-0.39, 0.29) is 91.8 Å². The van der Waals surface area contributed by atoms with Crippen LogP contribution >= 0.6 is 0 Å². The fourth-order valence-electron chi connectivity index (χ4n) is 8.81. The summed E-state index contributed by atoms with van der Waals surface area (Å²) in [6.07, 6.45) is 15.9. The Morgan fingerprint density at radius 1 is 0.344 bits per heavy atom. The van der Waals surface area contributed by atoms with E-state index < -0.39 is 0 Å². The van der Waals surface area contributed by atoms with Crippen LogP contribution in [0.1, 0.15) is 172 Å². The second-order valence-corrected chi connectivity index (χ2v) is 24.7. The molecule has 12 aromatic heterocycles. The zero-order valence-corrected chi connectivity index (χ0v) is 57.9. The van der Waals surface area contributed by atoms with E-state index in [1.54, 1.807) is 133 Å². The molecule has 0 spiro atoms. The molecule has 0 aliphatic heterocycles. The van der Waals surface area contributed by atoms with Crippen LogP contribution in [0.2, 0.25) is 0 Å². The van der Waals surface area contributed by atoms with Gasteiger partial charge in [-0.25, -0.2) is 29.0 Å². The van der Waals surface area contributed by atoms with Crippen LogP contribution in [0.4, 0.5) is 0 Å². The lowest BCUT2D eigenvalue weighted by atomic mass is 10.2. The van der Waals surface area contributed by atoms with Crippen LogP contribution in [0.15, 0.2) is 154 Å². The lowest BCUT2D eigenvalue weighted by molar-refractivity contribution is 0.0993. The number of ketones is 4. The minimum atomic E-state index is -0.277. The molecule has 0 fully saturated rings. The highest BCUT2D eigenvalue weighted by Gasteiger charge is 2.25. The Morgan fingerprint density at radius 2 is 0.635 bits per heavy atom. The lowest BCUT2D eigenvalue weighted by Gasteiger charge is -2.10. The molecule has 26 heteroatoms. The molecule has 12 rings (SSSR count). The smallest absolute Gasteiger partial charge is 0.280 e. The molecule has 0 saturated carbocycles. The molecule has 0 atom stereocenters.